The summed E-state index contributed by atoms with van der Waals surface area (Å²) in [5.74, 6) is 2.19. The number of benzene rings is 1. The van der Waals surface area contributed by atoms with Gasteiger partial charge in [-0.15, -0.1) is 0 Å². The number of ketones is 1. The van der Waals surface area contributed by atoms with Crippen molar-refractivity contribution in [1.29, 1.82) is 0 Å². The van der Waals surface area contributed by atoms with Crippen molar-refractivity contribution in [1.82, 2.24) is 0 Å². The van der Waals surface area contributed by atoms with Crippen LogP contribution in [0.1, 0.15) is 49.9 Å². The molecule has 104 valence electrons. The molecule has 0 atom stereocenters. The van der Waals surface area contributed by atoms with Gasteiger partial charge in [-0.25, -0.2) is 0 Å². The van der Waals surface area contributed by atoms with Gasteiger partial charge in [0.1, 0.15) is 0 Å². The van der Waals surface area contributed by atoms with Gasteiger partial charge in [-0.2, -0.15) is 0 Å². The SMILES string of the molecule is CCOc1ccc(C(=O)CC2CCC2)cc1OCC. The van der Waals surface area contributed by atoms with Gasteiger partial charge in [-0.1, -0.05) is 19.3 Å². The monoisotopic (exact) mass is 262 g/mol. The molecule has 1 aliphatic carbocycles. The van der Waals surface area contributed by atoms with E-state index in [9.17, 15) is 4.79 Å². The fraction of sp³-hybridized carbons (Fsp3) is 0.562. The van der Waals surface area contributed by atoms with Crippen LogP contribution in [0.2, 0.25) is 0 Å². The summed E-state index contributed by atoms with van der Waals surface area (Å²) in [7, 11) is 0. The van der Waals surface area contributed by atoms with Gasteiger partial charge in [0.2, 0.25) is 0 Å². The first kappa shape index (κ1) is 13.9. The van der Waals surface area contributed by atoms with E-state index >= 15 is 0 Å². The molecule has 0 saturated heterocycles. The highest BCUT2D eigenvalue weighted by atomic mass is 16.5. The van der Waals surface area contributed by atoms with Crippen LogP contribution in [0, 0.1) is 5.92 Å². The van der Waals surface area contributed by atoms with Crippen molar-refractivity contribution >= 4 is 5.78 Å². The Bertz CT molecular complexity index is 436. The lowest BCUT2D eigenvalue weighted by atomic mass is 9.81. The normalized spacial score (nSPS) is 14.8. The molecule has 0 aromatic heterocycles. The number of rotatable bonds is 7. The van der Waals surface area contributed by atoms with Crippen molar-refractivity contribution in [2.24, 2.45) is 5.92 Å². The quantitative estimate of drug-likeness (QED) is 0.700. The molecule has 0 bridgehead atoms. The van der Waals surface area contributed by atoms with Crippen molar-refractivity contribution in [3.8, 4) is 11.5 Å². The summed E-state index contributed by atoms with van der Waals surface area (Å²) < 4.78 is 11.0. The third-order valence-corrected chi connectivity index (χ3v) is 3.56. The first-order chi connectivity index (χ1) is 9.24. The summed E-state index contributed by atoms with van der Waals surface area (Å²) in [6, 6.07) is 5.49. The van der Waals surface area contributed by atoms with Crippen LogP contribution in [0.5, 0.6) is 11.5 Å². The molecule has 3 nitrogen and oxygen atoms in total. The van der Waals surface area contributed by atoms with E-state index in [0.717, 1.165) is 5.56 Å². The van der Waals surface area contributed by atoms with E-state index < -0.39 is 0 Å². The maximum Gasteiger partial charge on any atom is 0.163 e. The number of carbonyl (C=O) groups is 1. The molecule has 1 aliphatic rings. The van der Waals surface area contributed by atoms with Gasteiger partial charge in [0.05, 0.1) is 13.2 Å². The molecule has 1 aromatic rings. The average Bonchev–Trinajstić information content (AvgIpc) is 2.36. The van der Waals surface area contributed by atoms with E-state index in [4.69, 9.17) is 9.47 Å². The predicted octanol–water partition coefficient (Wildman–Crippen LogP) is 3.86. The van der Waals surface area contributed by atoms with Crippen LogP contribution in [0.4, 0.5) is 0 Å². The lowest BCUT2D eigenvalue weighted by Crippen LogP contribution is -2.16. The first-order valence-electron chi connectivity index (χ1n) is 7.17. The van der Waals surface area contributed by atoms with Gasteiger partial charge in [-0.3, -0.25) is 4.79 Å². The third-order valence-electron chi connectivity index (χ3n) is 3.56. The summed E-state index contributed by atoms with van der Waals surface area (Å²) in [5.41, 5.74) is 0.735. The van der Waals surface area contributed by atoms with Gasteiger partial charge in [0.25, 0.3) is 0 Å². The van der Waals surface area contributed by atoms with Gasteiger partial charge in [-0.05, 0) is 38.0 Å². The Morgan fingerprint density at radius 1 is 1.16 bits per heavy atom. The summed E-state index contributed by atoms with van der Waals surface area (Å²) >= 11 is 0. The zero-order chi connectivity index (χ0) is 13.7. The largest absolute Gasteiger partial charge is 0.490 e. The van der Waals surface area contributed by atoms with Crippen LogP contribution in [-0.4, -0.2) is 19.0 Å². The summed E-state index contributed by atoms with van der Waals surface area (Å²) in [5, 5.41) is 0. The Hall–Kier alpha value is -1.51. The van der Waals surface area contributed by atoms with Gasteiger partial charge >= 0.3 is 0 Å². The van der Waals surface area contributed by atoms with E-state index in [2.05, 4.69) is 0 Å². The molecule has 0 unspecified atom stereocenters. The summed E-state index contributed by atoms with van der Waals surface area (Å²) in [6.07, 6.45) is 4.33. The Balaban J connectivity index is 2.11. The van der Waals surface area contributed by atoms with Crippen LogP contribution < -0.4 is 9.47 Å². The molecule has 0 radical (unpaired) electrons. The molecule has 2 rings (SSSR count). The Morgan fingerprint density at radius 3 is 2.42 bits per heavy atom. The van der Waals surface area contributed by atoms with Crippen LogP contribution in [-0.2, 0) is 0 Å². The number of hydrogen-bond donors (Lipinski definition) is 0. The third kappa shape index (κ3) is 3.49. The second kappa shape index (κ2) is 6.60. The molecule has 0 N–H and O–H groups in total. The molecule has 1 aromatic carbocycles. The van der Waals surface area contributed by atoms with Crippen molar-refractivity contribution in [3.63, 3.8) is 0 Å². The number of Topliss-reactive ketones (excluding diaryl/α,β-unsaturated/α-hetero) is 1. The standard InChI is InChI=1S/C16H22O3/c1-3-18-15-9-8-13(11-16(15)19-4-2)14(17)10-12-6-5-7-12/h8-9,11-12H,3-7,10H2,1-2H3. The lowest BCUT2D eigenvalue weighted by Gasteiger charge is -2.24. The summed E-state index contributed by atoms with van der Waals surface area (Å²) in [4.78, 5) is 12.2. The van der Waals surface area contributed by atoms with E-state index in [1.165, 1.54) is 19.3 Å². The van der Waals surface area contributed by atoms with Crippen molar-refractivity contribution < 1.29 is 14.3 Å². The fourth-order valence-corrected chi connectivity index (χ4v) is 2.30. The molecule has 1 saturated carbocycles. The van der Waals surface area contributed by atoms with E-state index in [0.29, 0.717) is 37.1 Å². The second-order valence-corrected chi connectivity index (χ2v) is 4.95. The topological polar surface area (TPSA) is 35.5 Å². The molecule has 0 aliphatic heterocycles. The fourth-order valence-electron chi connectivity index (χ4n) is 2.30. The van der Waals surface area contributed by atoms with Crippen LogP contribution >= 0.6 is 0 Å². The Morgan fingerprint density at radius 2 is 1.84 bits per heavy atom. The molecule has 0 amide bonds. The van der Waals surface area contributed by atoms with E-state index in [-0.39, 0.29) is 5.78 Å². The zero-order valence-corrected chi connectivity index (χ0v) is 11.8. The molecule has 0 spiro atoms. The van der Waals surface area contributed by atoms with Gasteiger partial charge < -0.3 is 9.47 Å². The molecule has 0 heterocycles. The molecular formula is C16H22O3. The van der Waals surface area contributed by atoms with Crippen LogP contribution in [0.3, 0.4) is 0 Å². The number of carbonyl (C=O) groups excluding carboxylic acids is 1. The van der Waals surface area contributed by atoms with Gasteiger partial charge in [0, 0.05) is 12.0 Å². The van der Waals surface area contributed by atoms with E-state index in [1.807, 2.05) is 32.0 Å². The predicted molar refractivity (Wildman–Crippen MR) is 75.1 cm³/mol. The smallest absolute Gasteiger partial charge is 0.163 e. The van der Waals surface area contributed by atoms with Crippen LogP contribution in [0.15, 0.2) is 18.2 Å². The second-order valence-electron chi connectivity index (χ2n) is 4.95. The van der Waals surface area contributed by atoms with Crippen molar-refractivity contribution in [2.45, 2.75) is 39.5 Å². The molecule has 3 heteroatoms. The van der Waals surface area contributed by atoms with Crippen molar-refractivity contribution in [2.75, 3.05) is 13.2 Å². The Labute approximate surface area is 114 Å². The molecule has 19 heavy (non-hydrogen) atoms. The average molecular weight is 262 g/mol. The lowest BCUT2D eigenvalue weighted by molar-refractivity contribution is 0.0936. The van der Waals surface area contributed by atoms with Gasteiger partial charge in [0.15, 0.2) is 17.3 Å². The molecular weight excluding hydrogens is 240 g/mol. The number of ether oxygens (including phenoxy) is 2. The minimum absolute atomic E-state index is 0.216. The van der Waals surface area contributed by atoms with Crippen molar-refractivity contribution in [3.05, 3.63) is 23.8 Å². The molecule has 1 fully saturated rings. The Kier molecular flexibility index (Phi) is 4.83. The number of hydrogen-bond acceptors (Lipinski definition) is 3. The first-order valence-corrected chi connectivity index (χ1v) is 7.17. The highest BCUT2D eigenvalue weighted by Gasteiger charge is 2.22. The zero-order valence-electron chi connectivity index (χ0n) is 11.8. The highest BCUT2D eigenvalue weighted by molar-refractivity contribution is 5.96. The maximum absolute atomic E-state index is 12.2. The van der Waals surface area contributed by atoms with Crippen LogP contribution in [0.25, 0.3) is 0 Å². The minimum Gasteiger partial charge on any atom is -0.490 e. The summed E-state index contributed by atoms with van der Waals surface area (Å²) in [6.45, 7) is 5.03. The van der Waals surface area contributed by atoms with E-state index in [1.54, 1.807) is 0 Å². The highest BCUT2D eigenvalue weighted by Crippen LogP contribution is 2.33. The maximum atomic E-state index is 12.2. The minimum atomic E-state index is 0.216.